The number of carbonyl (C=O) groups excluding carboxylic acids is 3. The number of ketones is 1. The third-order valence-electron chi connectivity index (χ3n) is 5.99. The first-order chi connectivity index (χ1) is 16.9. The Morgan fingerprint density at radius 3 is 1.37 bits per heavy atom. The molecule has 0 saturated heterocycles. The highest BCUT2D eigenvalue weighted by atomic mass is 16.2. The maximum atomic E-state index is 12.8. The van der Waals surface area contributed by atoms with Gasteiger partial charge in [0.15, 0.2) is 0 Å². The lowest BCUT2D eigenvalue weighted by Crippen LogP contribution is -2.32. The van der Waals surface area contributed by atoms with Crippen LogP contribution >= 0.6 is 0 Å². The van der Waals surface area contributed by atoms with Gasteiger partial charge in [-0.1, -0.05) is 24.3 Å². The molecule has 0 bridgehead atoms. The molecular weight excluding hydrogens is 440 g/mol. The van der Waals surface area contributed by atoms with Gasteiger partial charge in [0.25, 0.3) is 11.8 Å². The van der Waals surface area contributed by atoms with Gasteiger partial charge in [0.05, 0.1) is 16.5 Å². The summed E-state index contributed by atoms with van der Waals surface area (Å²) < 4.78 is 0. The van der Waals surface area contributed by atoms with Crippen molar-refractivity contribution in [3.8, 4) is 0 Å². The minimum atomic E-state index is -0.905. The summed E-state index contributed by atoms with van der Waals surface area (Å²) in [6.45, 7) is 3.41. The molecule has 0 unspecified atom stereocenters. The van der Waals surface area contributed by atoms with Gasteiger partial charge in [-0.05, 0) is 73.5 Å². The molecule has 0 aliphatic rings. The number of anilines is 2. The van der Waals surface area contributed by atoms with Crippen molar-refractivity contribution < 1.29 is 14.4 Å². The molecule has 4 rings (SSSR count). The lowest BCUT2D eigenvalue weighted by Gasteiger charge is -2.28. The summed E-state index contributed by atoms with van der Waals surface area (Å²) in [7, 11) is 0. The van der Waals surface area contributed by atoms with Crippen LogP contribution in [0.15, 0.2) is 97.6 Å². The molecule has 0 spiro atoms. The molecule has 7 heteroatoms. The van der Waals surface area contributed by atoms with E-state index in [-0.39, 0.29) is 17.6 Å². The summed E-state index contributed by atoms with van der Waals surface area (Å²) in [5.74, 6) is -0.551. The molecule has 0 saturated carbocycles. The fraction of sp³-hybridized carbons (Fsp3) is 0.107. The van der Waals surface area contributed by atoms with E-state index in [1.165, 1.54) is 12.4 Å². The molecule has 2 aromatic carbocycles. The number of Topliss-reactive ketones (excluding diaryl/α,β-unsaturated/α-hetero) is 1. The summed E-state index contributed by atoms with van der Waals surface area (Å²) in [5, 5.41) is 5.67. The predicted molar refractivity (Wildman–Crippen MR) is 134 cm³/mol. The van der Waals surface area contributed by atoms with Crippen LogP contribution in [0.25, 0.3) is 0 Å². The number of hydrogen-bond donors (Lipinski definition) is 2. The lowest BCUT2D eigenvalue weighted by atomic mass is 9.73. The highest BCUT2D eigenvalue weighted by Crippen LogP contribution is 2.34. The maximum absolute atomic E-state index is 12.8. The van der Waals surface area contributed by atoms with Gasteiger partial charge in [-0.3, -0.25) is 24.4 Å². The van der Waals surface area contributed by atoms with E-state index in [4.69, 9.17) is 0 Å². The average Bonchev–Trinajstić information content (AvgIpc) is 2.90. The van der Waals surface area contributed by atoms with Crippen LogP contribution in [-0.2, 0) is 10.2 Å². The van der Waals surface area contributed by atoms with Gasteiger partial charge in [0, 0.05) is 36.2 Å². The van der Waals surface area contributed by atoms with E-state index >= 15 is 0 Å². The monoisotopic (exact) mass is 464 g/mol. The van der Waals surface area contributed by atoms with Crippen molar-refractivity contribution in [3.63, 3.8) is 0 Å². The van der Waals surface area contributed by atoms with Gasteiger partial charge in [-0.25, -0.2) is 0 Å². The molecule has 7 nitrogen and oxygen atoms in total. The van der Waals surface area contributed by atoms with Crippen molar-refractivity contribution in [2.45, 2.75) is 19.3 Å². The van der Waals surface area contributed by atoms with Crippen LogP contribution < -0.4 is 10.6 Å². The molecule has 2 amide bonds. The van der Waals surface area contributed by atoms with E-state index in [1.54, 1.807) is 67.8 Å². The zero-order valence-electron chi connectivity index (χ0n) is 19.4. The molecule has 0 fully saturated rings. The lowest BCUT2D eigenvalue weighted by molar-refractivity contribution is -0.120. The number of pyridine rings is 2. The molecule has 0 radical (unpaired) electrons. The minimum Gasteiger partial charge on any atom is -0.322 e. The SMILES string of the molecule is CC(=O)C(C)(c1ccc(NC(=O)c2cccnc2)cc1)c1ccc(NC(=O)c2cccnc2)cc1. The van der Waals surface area contributed by atoms with Crippen LogP contribution in [0.4, 0.5) is 11.4 Å². The summed E-state index contributed by atoms with van der Waals surface area (Å²) in [6, 6.07) is 21.2. The number of carbonyl (C=O) groups is 3. The standard InChI is InChI=1S/C28H24N4O3/c1-19(33)28(2,22-7-11-24(12-8-22)31-26(34)20-5-3-15-29-17-20)23-9-13-25(14-10-23)32-27(35)21-6-4-16-30-18-21/h3-18H,1-2H3,(H,31,34)(H,32,35). The predicted octanol–water partition coefficient (Wildman–Crippen LogP) is 4.88. The number of aromatic nitrogens is 2. The molecule has 0 aliphatic heterocycles. The number of hydrogen-bond acceptors (Lipinski definition) is 5. The Bertz CT molecular complexity index is 1240. The Morgan fingerprint density at radius 1 is 0.657 bits per heavy atom. The van der Waals surface area contributed by atoms with E-state index in [2.05, 4.69) is 20.6 Å². The molecule has 4 aromatic rings. The first-order valence-corrected chi connectivity index (χ1v) is 11.0. The number of amides is 2. The van der Waals surface area contributed by atoms with Crippen LogP contribution in [0.2, 0.25) is 0 Å². The van der Waals surface area contributed by atoms with Gasteiger partial charge in [-0.15, -0.1) is 0 Å². The topological polar surface area (TPSA) is 101 Å². The molecule has 174 valence electrons. The molecule has 2 aromatic heterocycles. The van der Waals surface area contributed by atoms with E-state index in [1.807, 2.05) is 31.2 Å². The smallest absolute Gasteiger partial charge is 0.257 e. The zero-order chi connectivity index (χ0) is 24.8. The van der Waals surface area contributed by atoms with Crippen LogP contribution in [0.1, 0.15) is 45.7 Å². The van der Waals surface area contributed by atoms with E-state index in [0.29, 0.717) is 22.5 Å². The van der Waals surface area contributed by atoms with Crippen LogP contribution in [0, 0.1) is 0 Å². The van der Waals surface area contributed by atoms with Crippen molar-refractivity contribution in [2.75, 3.05) is 10.6 Å². The Labute approximate surface area is 203 Å². The molecular formula is C28H24N4O3. The molecule has 2 N–H and O–H groups in total. The van der Waals surface area contributed by atoms with Gasteiger partial charge >= 0.3 is 0 Å². The Morgan fingerprint density at radius 2 is 1.06 bits per heavy atom. The van der Waals surface area contributed by atoms with Gasteiger partial charge in [0.2, 0.25) is 0 Å². The highest BCUT2D eigenvalue weighted by Gasteiger charge is 2.34. The Balaban J connectivity index is 1.52. The highest BCUT2D eigenvalue weighted by molar-refractivity contribution is 6.04. The third kappa shape index (κ3) is 5.14. The minimum absolute atomic E-state index is 0.0307. The summed E-state index contributed by atoms with van der Waals surface area (Å²) in [5.41, 5.74) is 2.82. The first kappa shape index (κ1) is 23.5. The summed E-state index contributed by atoms with van der Waals surface area (Å²) in [4.78, 5) is 45.5. The van der Waals surface area contributed by atoms with Crippen LogP contribution in [-0.4, -0.2) is 27.6 Å². The van der Waals surface area contributed by atoms with Crippen molar-refractivity contribution in [2.24, 2.45) is 0 Å². The largest absolute Gasteiger partial charge is 0.322 e. The van der Waals surface area contributed by atoms with E-state index < -0.39 is 5.41 Å². The quantitative estimate of drug-likeness (QED) is 0.406. The number of rotatable bonds is 7. The molecule has 0 aliphatic carbocycles. The third-order valence-corrected chi connectivity index (χ3v) is 5.99. The second-order valence-electron chi connectivity index (χ2n) is 8.23. The number of nitrogens with zero attached hydrogens (tertiary/aromatic N) is 2. The molecule has 0 atom stereocenters. The van der Waals surface area contributed by atoms with Crippen molar-refractivity contribution in [3.05, 3.63) is 120 Å². The van der Waals surface area contributed by atoms with Gasteiger partial charge < -0.3 is 10.6 Å². The fourth-order valence-electron chi connectivity index (χ4n) is 3.75. The van der Waals surface area contributed by atoms with Gasteiger partial charge in [-0.2, -0.15) is 0 Å². The van der Waals surface area contributed by atoms with Crippen LogP contribution in [0.3, 0.4) is 0 Å². The first-order valence-electron chi connectivity index (χ1n) is 11.0. The molecule has 35 heavy (non-hydrogen) atoms. The number of benzene rings is 2. The normalized spacial score (nSPS) is 10.9. The summed E-state index contributed by atoms with van der Waals surface area (Å²) in [6.07, 6.45) is 6.21. The zero-order valence-corrected chi connectivity index (χ0v) is 19.4. The second-order valence-corrected chi connectivity index (χ2v) is 8.23. The fourth-order valence-corrected chi connectivity index (χ4v) is 3.75. The van der Waals surface area contributed by atoms with Gasteiger partial charge in [0.1, 0.15) is 5.78 Å². The Hall–Kier alpha value is -4.65. The van der Waals surface area contributed by atoms with Crippen molar-refractivity contribution in [1.82, 2.24) is 9.97 Å². The van der Waals surface area contributed by atoms with E-state index in [9.17, 15) is 14.4 Å². The number of nitrogens with one attached hydrogen (secondary N) is 2. The van der Waals surface area contributed by atoms with E-state index in [0.717, 1.165) is 11.1 Å². The second kappa shape index (κ2) is 10.1. The Kier molecular flexibility index (Phi) is 6.78. The van der Waals surface area contributed by atoms with Crippen molar-refractivity contribution >= 4 is 29.0 Å². The average molecular weight is 465 g/mol. The maximum Gasteiger partial charge on any atom is 0.257 e. The van der Waals surface area contributed by atoms with Crippen molar-refractivity contribution in [1.29, 1.82) is 0 Å². The molecule has 2 heterocycles. The van der Waals surface area contributed by atoms with Crippen LogP contribution in [0.5, 0.6) is 0 Å². The summed E-state index contributed by atoms with van der Waals surface area (Å²) >= 11 is 0.